The second-order valence-corrected chi connectivity index (χ2v) is 4.24. The third-order valence-corrected chi connectivity index (χ3v) is 2.81. The number of hydrogen-bond donors (Lipinski definition) is 1. The van der Waals surface area contributed by atoms with E-state index in [4.69, 9.17) is 5.73 Å². The molecule has 0 aromatic rings. The quantitative estimate of drug-likeness (QED) is 0.694. The van der Waals surface area contributed by atoms with Crippen molar-refractivity contribution >= 4 is 5.91 Å². The number of nitrogens with two attached hydrogens (primary N) is 1. The Morgan fingerprint density at radius 3 is 1.93 bits per heavy atom. The summed E-state index contributed by atoms with van der Waals surface area (Å²) in [4.78, 5) is 13.6. The molecule has 1 aliphatic heterocycles. The van der Waals surface area contributed by atoms with Crippen LogP contribution >= 0.6 is 0 Å². The van der Waals surface area contributed by atoms with Gasteiger partial charge in [0.2, 0.25) is 5.91 Å². The molecule has 0 aromatic heterocycles. The Morgan fingerprint density at radius 1 is 1.07 bits per heavy atom. The van der Waals surface area contributed by atoms with Crippen LogP contribution in [0.1, 0.15) is 45.4 Å². The summed E-state index contributed by atoms with van der Waals surface area (Å²) < 4.78 is 0. The van der Waals surface area contributed by atoms with E-state index < -0.39 is 0 Å². The summed E-state index contributed by atoms with van der Waals surface area (Å²) in [6, 6.07) is -0.337. The number of nitrogens with zero attached hydrogens (tertiary/aromatic N) is 1. The Labute approximate surface area is 86.6 Å². The molecule has 1 amide bonds. The number of hydrogen-bond acceptors (Lipinski definition) is 2. The van der Waals surface area contributed by atoms with Gasteiger partial charge < -0.3 is 10.6 Å². The van der Waals surface area contributed by atoms with Gasteiger partial charge in [0, 0.05) is 13.1 Å². The fourth-order valence-corrected chi connectivity index (χ4v) is 1.93. The summed E-state index contributed by atoms with van der Waals surface area (Å²) in [5.74, 6) is 0.118. The smallest absolute Gasteiger partial charge is 0.239 e. The van der Waals surface area contributed by atoms with E-state index in [0.717, 1.165) is 25.9 Å². The van der Waals surface area contributed by atoms with Crippen LogP contribution in [0.4, 0.5) is 0 Å². The maximum atomic E-state index is 11.7. The minimum atomic E-state index is -0.337. The molecule has 0 aliphatic carbocycles. The second kappa shape index (κ2) is 6.02. The minimum absolute atomic E-state index is 0.118. The molecule has 0 saturated carbocycles. The molecule has 0 radical (unpaired) electrons. The molecular weight excluding hydrogens is 176 g/mol. The Balaban J connectivity index is 2.43. The van der Waals surface area contributed by atoms with Gasteiger partial charge in [-0.15, -0.1) is 0 Å². The van der Waals surface area contributed by atoms with Gasteiger partial charge in [-0.2, -0.15) is 0 Å². The van der Waals surface area contributed by atoms with E-state index >= 15 is 0 Å². The van der Waals surface area contributed by atoms with E-state index in [-0.39, 0.29) is 11.9 Å². The van der Waals surface area contributed by atoms with Crippen molar-refractivity contribution in [2.24, 2.45) is 5.73 Å². The lowest BCUT2D eigenvalue weighted by molar-refractivity contribution is -0.132. The van der Waals surface area contributed by atoms with Gasteiger partial charge in [0.05, 0.1) is 6.04 Å². The van der Waals surface area contributed by atoms with Crippen molar-refractivity contribution in [3.05, 3.63) is 0 Å². The van der Waals surface area contributed by atoms with Gasteiger partial charge in [0.1, 0.15) is 0 Å². The lowest BCUT2D eigenvalue weighted by atomic mass is 10.1. The van der Waals surface area contributed by atoms with Crippen molar-refractivity contribution < 1.29 is 4.79 Å². The lowest BCUT2D eigenvalue weighted by Gasteiger charge is -2.23. The van der Waals surface area contributed by atoms with Crippen molar-refractivity contribution in [2.75, 3.05) is 13.1 Å². The number of rotatable bonds is 1. The molecule has 1 atom stereocenters. The second-order valence-electron chi connectivity index (χ2n) is 4.24. The van der Waals surface area contributed by atoms with Gasteiger partial charge in [-0.05, 0) is 19.8 Å². The molecule has 1 unspecified atom stereocenters. The number of carbonyl (C=O) groups excluding carboxylic acids is 1. The molecule has 1 aliphatic rings. The third-order valence-electron chi connectivity index (χ3n) is 2.81. The molecule has 0 bridgehead atoms. The van der Waals surface area contributed by atoms with Crippen LogP contribution < -0.4 is 5.73 Å². The van der Waals surface area contributed by atoms with Gasteiger partial charge in [0.15, 0.2) is 0 Å². The van der Waals surface area contributed by atoms with E-state index in [1.165, 1.54) is 25.7 Å². The summed E-state index contributed by atoms with van der Waals surface area (Å²) in [7, 11) is 0. The molecule has 14 heavy (non-hydrogen) atoms. The summed E-state index contributed by atoms with van der Waals surface area (Å²) in [5, 5.41) is 0. The first-order valence-electron chi connectivity index (χ1n) is 5.76. The van der Waals surface area contributed by atoms with Crippen LogP contribution in [0.15, 0.2) is 0 Å². The molecule has 1 heterocycles. The molecular formula is C11H22N2O. The predicted octanol–water partition coefficient (Wildman–Crippen LogP) is 1.52. The zero-order valence-corrected chi connectivity index (χ0v) is 9.17. The van der Waals surface area contributed by atoms with Crippen LogP contribution in [0.5, 0.6) is 0 Å². The molecule has 2 N–H and O–H groups in total. The topological polar surface area (TPSA) is 46.3 Å². The average molecular weight is 198 g/mol. The van der Waals surface area contributed by atoms with Gasteiger partial charge in [-0.1, -0.05) is 25.7 Å². The highest BCUT2D eigenvalue weighted by Gasteiger charge is 2.16. The van der Waals surface area contributed by atoms with Gasteiger partial charge in [-0.3, -0.25) is 4.79 Å². The Morgan fingerprint density at radius 2 is 1.50 bits per heavy atom. The highest BCUT2D eigenvalue weighted by Crippen LogP contribution is 2.11. The maximum absolute atomic E-state index is 11.7. The largest absolute Gasteiger partial charge is 0.341 e. The van der Waals surface area contributed by atoms with Crippen molar-refractivity contribution in [1.82, 2.24) is 4.90 Å². The first-order chi connectivity index (χ1) is 6.72. The van der Waals surface area contributed by atoms with E-state index in [9.17, 15) is 4.79 Å². The molecule has 1 fully saturated rings. The number of carbonyl (C=O) groups is 1. The van der Waals surface area contributed by atoms with Crippen molar-refractivity contribution in [1.29, 1.82) is 0 Å². The molecule has 3 nitrogen and oxygen atoms in total. The zero-order valence-electron chi connectivity index (χ0n) is 9.17. The van der Waals surface area contributed by atoms with E-state index in [2.05, 4.69) is 0 Å². The zero-order chi connectivity index (χ0) is 10.4. The summed E-state index contributed by atoms with van der Waals surface area (Å²) >= 11 is 0. The van der Waals surface area contributed by atoms with Gasteiger partial charge in [-0.25, -0.2) is 0 Å². The van der Waals surface area contributed by atoms with E-state index in [1.807, 2.05) is 4.90 Å². The predicted molar refractivity (Wildman–Crippen MR) is 57.9 cm³/mol. The Hall–Kier alpha value is -0.570. The summed E-state index contributed by atoms with van der Waals surface area (Å²) in [6.45, 7) is 3.58. The van der Waals surface area contributed by atoms with Gasteiger partial charge in [0.25, 0.3) is 0 Å². The van der Waals surface area contributed by atoms with Crippen molar-refractivity contribution in [2.45, 2.75) is 51.5 Å². The van der Waals surface area contributed by atoms with Crippen LogP contribution in [-0.4, -0.2) is 29.9 Å². The number of amides is 1. The van der Waals surface area contributed by atoms with Gasteiger partial charge >= 0.3 is 0 Å². The minimum Gasteiger partial charge on any atom is -0.341 e. The van der Waals surface area contributed by atoms with Crippen molar-refractivity contribution in [3.63, 3.8) is 0 Å². The molecule has 3 heteroatoms. The molecule has 0 aromatic carbocycles. The SMILES string of the molecule is CC(N)C(=O)N1CCCCCCCC1. The van der Waals surface area contributed by atoms with Crippen LogP contribution in [0.25, 0.3) is 0 Å². The first kappa shape index (κ1) is 11.5. The maximum Gasteiger partial charge on any atom is 0.239 e. The van der Waals surface area contributed by atoms with Crippen LogP contribution in [-0.2, 0) is 4.79 Å². The van der Waals surface area contributed by atoms with Crippen LogP contribution in [0, 0.1) is 0 Å². The fraction of sp³-hybridized carbons (Fsp3) is 0.909. The lowest BCUT2D eigenvalue weighted by Crippen LogP contribution is -2.42. The fourth-order valence-electron chi connectivity index (χ4n) is 1.93. The van der Waals surface area contributed by atoms with Crippen LogP contribution in [0.2, 0.25) is 0 Å². The standard InChI is InChI=1S/C11H22N2O/c1-10(12)11(14)13-8-6-4-2-3-5-7-9-13/h10H,2-9,12H2,1H3. The highest BCUT2D eigenvalue weighted by molar-refractivity contribution is 5.81. The Bertz CT molecular complexity index is 170. The molecule has 0 spiro atoms. The van der Waals surface area contributed by atoms with E-state index in [0.29, 0.717) is 0 Å². The van der Waals surface area contributed by atoms with Crippen molar-refractivity contribution in [3.8, 4) is 0 Å². The third kappa shape index (κ3) is 3.66. The van der Waals surface area contributed by atoms with E-state index in [1.54, 1.807) is 6.92 Å². The molecule has 1 saturated heterocycles. The molecule has 1 rings (SSSR count). The normalized spacial score (nSPS) is 22.0. The average Bonchev–Trinajstić information content (AvgIpc) is 2.29. The first-order valence-corrected chi connectivity index (χ1v) is 5.76. The monoisotopic (exact) mass is 198 g/mol. The van der Waals surface area contributed by atoms with Crippen LogP contribution in [0.3, 0.4) is 0 Å². The highest BCUT2D eigenvalue weighted by atomic mass is 16.2. The Kier molecular flexibility index (Phi) is 4.94. The molecule has 82 valence electrons. The summed E-state index contributed by atoms with van der Waals surface area (Å²) in [6.07, 6.45) is 7.42. The summed E-state index contributed by atoms with van der Waals surface area (Å²) in [5.41, 5.74) is 5.60.